The van der Waals surface area contributed by atoms with E-state index in [9.17, 15) is 14.7 Å². The first-order chi connectivity index (χ1) is 18.9. The molecular weight excluding hydrogens is 496 g/mol. The van der Waals surface area contributed by atoms with Crippen LogP contribution in [0, 0.1) is 6.92 Å². The number of carbonyl (C=O) groups is 2. The van der Waals surface area contributed by atoms with E-state index in [1.54, 1.807) is 24.3 Å². The third kappa shape index (κ3) is 7.95. The van der Waals surface area contributed by atoms with Gasteiger partial charge in [0.25, 0.3) is 0 Å². The second kappa shape index (κ2) is 13.3. The molecule has 0 aliphatic rings. The lowest BCUT2D eigenvalue weighted by atomic mass is 10.1. The Balaban J connectivity index is 1.37. The van der Waals surface area contributed by atoms with E-state index in [0.29, 0.717) is 30.4 Å². The van der Waals surface area contributed by atoms with Crippen molar-refractivity contribution in [3.63, 3.8) is 0 Å². The van der Waals surface area contributed by atoms with Gasteiger partial charge in [0.1, 0.15) is 23.8 Å². The highest BCUT2D eigenvalue weighted by Gasteiger charge is 2.20. The molecule has 0 unspecified atom stereocenters. The summed E-state index contributed by atoms with van der Waals surface area (Å²) >= 11 is 0. The van der Waals surface area contributed by atoms with Gasteiger partial charge < -0.3 is 19.0 Å². The van der Waals surface area contributed by atoms with Gasteiger partial charge in [-0.2, -0.15) is 0 Å². The molecule has 8 nitrogen and oxygen atoms in total. The van der Waals surface area contributed by atoms with E-state index >= 15 is 0 Å². The van der Waals surface area contributed by atoms with Crippen molar-refractivity contribution in [1.82, 2.24) is 9.88 Å². The van der Waals surface area contributed by atoms with Crippen LogP contribution in [0.5, 0.6) is 11.5 Å². The van der Waals surface area contributed by atoms with Gasteiger partial charge in [0, 0.05) is 18.5 Å². The van der Waals surface area contributed by atoms with Crippen molar-refractivity contribution in [3.8, 4) is 23.0 Å². The summed E-state index contributed by atoms with van der Waals surface area (Å²) in [4.78, 5) is 30.1. The van der Waals surface area contributed by atoms with E-state index in [4.69, 9.17) is 13.9 Å². The number of amides is 1. The molecule has 39 heavy (non-hydrogen) atoms. The molecule has 0 aliphatic carbocycles. The topological polar surface area (TPSA) is 102 Å². The number of aromatic nitrogens is 1. The van der Waals surface area contributed by atoms with Crippen molar-refractivity contribution in [2.75, 3.05) is 13.2 Å². The van der Waals surface area contributed by atoms with E-state index in [2.05, 4.69) is 11.9 Å². The molecule has 0 saturated heterocycles. The Bertz CT molecular complexity index is 1400. The van der Waals surface area contributed by atoms with Crippen molar-refractivity contribution in [2.45, 2.75) is 39.7 Å². The fraction of sp³-hybridized carbons (Fsp3) is 0.258. The summed E-state index contributed by atoms with van der Waals surface area (Å²) < 4.78 is 17.3. The summed E-state index contributed by atoms with van der Waals surface area (Å²) in [6.07, 6.45) is 1.66. The van der Waals surface area contributed by atoms with Crippen molar-refractivity contribution in [2.24, 2.45) is 0 Å². The van der Waals surface area contributed by atoms with Crippen LogP contribution in [-0.4, -0.2) is 40.2 Å². The highest BCUT2D eigenvalue weighted by atomic mass is 16.6. The lowest BCUT2D eigenvalue weighted by Crippen LogP contribution is -2.37. The Morgan fingerprint density at radius 1 is 0.923 bits per heavy atom. The standard InChI is InChI=1S/C31H32N2O6/c1-3-9-23-10-7-15-27(18-23)39-31(36)33(21-29(34)35)20-24-11-8-14-26(19-24)37-17-16-28-22(2)38-30(32-28)25-12-5-4-6-13-25/h4-8,10-15,18-19H,3,9,16-17,20-21H2,1-2H3,(H,34,35). The predicted octanol–water partition coefficient (Wildman–Crippen LogP) is 6.31. The molecule has 1 N–H and O–H groups in total. The Morgan fingerprint density at radius 2 is 1.64 bits per heavy atom. The van der Waals surface area contributed by atoms with Crippen LogP contribution in [0.3, 0.4) is 0 Å². The van der Waals surface area contributed by atoms with Gasteiger partial charge in [-0.1, -0.05) is 55.8 Å². The van der Waals surface area contributed by atoms with E-state index < -0.39 is 18.6 Å². The number of carboxylic acid groups (broad SMARTS) is 1. The van der Waals surface area contributed by atoms with Crippen LogP contribution < -0.4 is 9.47 Å². The normalized spacial score (nSPS) is 10.7. The first kappa shape index (κ1) is 27.4. The van der Waals surface area contributed by atoms with Gasteiger partial charge in [-0.15, -0.1) is 0 Å². The smallest absolute Gasteiger partial charge is 0.416 e. The Labute approximate surface area is 227 Å². The highest BCUT2D eigenvalue weighted by molar-refractivity contribution is 5.78. The Morgan fingerprint density at radius 3 is 2.38 bits per heavy atom. The molecule has 0 spiro atoms. The molecule has 1 heterocycles. The van der Waals surface area contributed by atoms with Crippen LogP contribution >= 0.6 is 0 Å². The Kier molecular flexibility index (Phi) is 9.34. The molecule has 0 aliphatic heterocycles. The average Bonchev–Trinajstić information content (AvgIpc) is 3.29. The largest absolute Gasteiger partial charge is 0.493 e. The van der Waals surface area contributed by atoms with Gasteiger partial charge in [-0.3, -0.25) is 9.69 Å². The quantitative estimate of drug-likeness (QED) is 0.230. The maximum absolute atomic E-state index is 12.9. The zero-order chi connectivity index (χ0) is 27.6. The molecule has 0 bridgehead atoms. The van der Waals surface area contributed by atoms with Gasteiger partial charge in [-0.25, -0.2) is 9.78 Å². The van der Waals surface area contributed by atoms with E-state index in [1.807, 2.05) is 61.5 Å². The zero-order valence-electron chi connectivity index (χ0n) is 22.1. The monoisotopic (exact) mass is 528 g/mol. The third-order valence-corrected chi connectivity index (χ3v) is 6.02. The van der Waals surface area contributed by atoms with Crippen LogP contribution in [0.2, 0.25) is 0 Å². The molecule has 0 saturated carbocycles. The van der Waals surface area contributed by atoms with Crippen LogP contribution in [0.1, 0.15) is 35.9 Å². The average molecular weight is 529 g/mol. The predicted molar refractivity (Wildman–Crippen MR) is 147 cm³/mol. The summed E-state index contributed by atoms with van der Waals surface area (Å²) in [5.74, 6) is 1.18. The first-order valence-electron chi connectivity index (χ1n) is 12.9. The van der Waals surface area contributed by atoms with Crippen LogP contribution in [0.15, 0.2) is 83.3 Å². The van der Waals surface area contributed by atoms with Gasteiger partial charge in [0.15, 0.2) is 0 Å². The fourth-order valence-electron chi connectivity index (χ4n) is 4.15. The minimum atomic E-state index is -1.13. The van der Waals surface area contributed by atoms with Gasteiger partial charge in [0.2, 0.25) is 5.89 Å². The van der Waals surface area contributed by atoms with Crippen LogP contribution in [0.25, 0.3) is 11.5 Å². The van der Waals surface area contributed by atoms with Crippen molar-refractivity contribution in [1.29, 1.82) is 0 Å². The molecule has 1 amide bonds. The zero-order valence-corrected chi connectivity index (χ0v) is 22.1. The molecule has 8 heteroatoms. The van der Waals surface area contributed by atoms with E-state index in [1.165, 1.54) is 0 Å². The second-order valence-corrected chi connectivity index (χ2v) is 9.15. The molecule has 202 valence electrons. The highest BCUT2D eigenvalue weighted by Crippen LogP contribution is 2.23. The van der Waals surface area contributed by atoms with Gasteiger partial charge >= 0.3 is 12.1 Å². The number of nitrogens with zero attached hydrogens (tertiary/aromatic N) is 2. The van der Waals surface area contributed by atoms with Crippen molar-refractivity contribution < 1.29 is 28.6 Å². The minimum absolute atomic E-state index is 0.0554. The summed E-state index contributed by atoms with van der Waals surface area (Å²) in [6.45, 7) is 3.89. The van der Waals surface area contributed by atoms with Crippen LogP contribution in [-0.2, 0) is 24.2 Å². The summed E-state index contributed by atoms with van der Waals surface area (Å²) in [6, 6.07) is 24.2. The molecular formula is C31H32N2O6. The third-order valence-electron chi connectivity index (χ3n) is 6.02. The van der Waals surface area contributed by atoms with E-state index in [-0.39, 0.29) is 6.54 Å². The number of aliphatic carboxylic acids is 1. The number of ether oxygens (including phenoxy) is 2. The molecule has 0 radical (unpaired) electrons. The maximum atomic E-state index is 12.9. The van der Waals surface area contributed by atoms with Crippen molar-refractivity contribution in [3.05, 3.63) is 101 Å². The number of carboxylic acids is 1. The summed E-state index contributed by atoms with van der Waals surface area (Å²) in [7, 11) is 0. The number of benzene rings is 3. The number of aryl methyl sites for hydroxylation is 2. The van der Waals surface area contributed by atoms with Gasteiger partial charge in [0.05, 0.1) is 12.3 Å². The maximum Gasteiger partial charge on any atom is 0.416 e. The number of carbonyl (C=O) groups excluding carboxylic acids is 1. The number of rotatable bonds is 12. The lowest BCUT2D eigenvalue weighted by Gasteiger charge is -2.20. The van der Waals surface area contributed by atoms with Gasteiger partial charge in [-0.05, 0) is 60.9 Å². The van der Waals surface area contributed by atoms with E-state index in [0.717, 1.165) is 45.9 Å². The SMILES string of the molecule is CCCc1cccc(OC(=O)N(CC(=O)O)Cc2cccc(OCCc3nc(-c4ccccc4)oc3C)c2)c1. The summed E-state index contributed by atoms with van der Waals surface area (Å²) in [5.41, 5.74) is 3.51. The number of oxazole rings is 1. The molecule has 0 atom stereocenters. The number of hydrogen-bond donors (Lipinski definition) is 1. The molecule has 3 aromatic carbocycles. The molecule has 4 rings (SSSR count). The lowest BCUT2D eigenvalue weighted by molar-refractivity contribution is -0.138. The first-order valence-corrected chi connectivity index (χ1v) is 12.9. The summed E-state index contributed by atoms with van der Waals surface area (Å²) in [5, 5.41) is 9.38. The second-order valence-electron chi connectivity index (χ2n) is 9.15. The Hall–Kier alpha value is -4.59. The molecule has 0 fully saturated rings. The van der Waals surface area contributed by atoms with Crippen LogP contribution in [0.4, 0.5) is 4.79 Å². The molecule has 1 aromatic heterocycles. The number of hydrogen-bond acceptors (Lipinski definition) is 6. The molecule has 4 aromatic rings. The van der Waals surface area contributed by atoms with Crippen molar-refractivity contribution >= 4 is 12.1 Å². The minimum Gasteiger partial charge on any atom is -0.493 e. The fourth-order valence-corrected chi connectivity index (χ4v) is 4.15.